The molecule has 27 heavy (non-hydrogen) atoms. The summed E-state index contributed by atoms with van der Waals surface area (Å²) in [7, 11) is 1.27. The molecule has 0 aliphatic carbocycles. The molecule has 1 aromatic heterocycles. The van der Waals surface area contributed by atoms with Crippen LogP contribution in [-0.2, 0) is 20.9 Å². The number of ether oxygens (including phenoxy) is 3. The van der Waals surface area contributed by atoms with Crippen molar-refractivity contribution < 1.29 is 23.8 Å². The SMILES string of the molecule is COC(=O)[C@@H]1C[C@H](Oc2nccc(Cl)n2)CN1C(=O)OCc1ccccc1. The van der Waals surface area contributed by atoms with Gasteiger partial charge in [-0.3, -0.25) is 4.90 Å². The largest absolute Gasteiger partial charge is 0.467 e. The first-order chi connectivity index (χ1) is 13.1. The van der Waals surface area contributed by atoms with Crippen LogP contribution >= 0.6 is 11.6 Å². The van der Waals surface area contributed by atoms with Crippen LogP contribution in [0, 0.1) is 0 Å². The fourth-order valence-corrected chi connectivity index (χ4v) is 2.90. The van der Waals surface area contributed by atoms with Crippen LogP contribution in [-0.4, -0.2) is 52.7 Å². The molecule has 0 saturated carbocycles. The van der Waals surface area contributed by atoms with Crippen LogP contribution in [0.25, 0.3) is 0 Å². The maximum absolute atomic E-state index is 12.5. The van der Waals surface area contributed by atoms with E-state index < -0.39 is 24.2 Å². The third-order valence-electron chi connectivity index (χ3n) is 4.05. The Morgan fingerprint density at radius 1 is 1.26 bits per heavy atom. The zero-order valence-electron chi connectivity index (χ0n) is 14.6. The van der Waals surface area contributed by atoms with Crippen molar-refractivity contribution in [2.24, 2.45) is 0 Å². The van der Waals surface area contributed by atoms with Crippen LogP contribution in [0.1, 0.15) is 12.0 Å². The zero-order chi connectivity index (χ0) is 19.2. The standard InChI is InChI=1S/C18H18ClN3O5/c1-25-16(23)14-9-13(27-17-20-8-7-15(19)21-17)10-22(14)18(24)26-11-12-5-3-2-4-6-12/h2-8,13-14H,9-11H2,1H3/t13-,14-/m0/s1. The van der Waals surface area contributed by atoms with Crippen LogP contribution in [0.3, 0.4) is 0 Å². The minimum Gasteiger partial charge on any atom is -0.467 e. The summed E-state index contributed by atoms with van der Waals surface area (Å²) >= 11 is 5.82. The molecule has 8 nitrogen and oxygen atoms in total. The minimum absolute atomic E-state index is 0.0793. The molecule has 1 aliphatic rings. The Labute approximate surface area is 161 Å². The van der Waals surface area contributed by atoms with Gasteiger partial charge in [-0.2, -0.15) is 4.98 Å². The summed E-state index contributed by atoms with van der Waals surface area (Å²) < 4.78 is 15.8. The molecule has 0 spiro atoms. The fraction of sp³-hybridized carbons (Fsp3) is 0.333. The molecule has 1 aliphatic heterocycles. The highest BCUT2D eigenvalue weighted by Gasteiger charge is 2.42. The predicted octanol–water partition coefficient (Wildman–Crippen LogP) is 2.46. The van der Waals surface area contributed by atoms with Crippen LogP contribution in [0.4, 0.5) is 4.79 Å². The number of halogens is 1. The van der Waals surface area contributed by atoms with Gasteiger partial charge in [0.25, 0.3) is 0 Å². The average Bonchev–Trinajstić information content (AvgIpc) is 3.10. The topological polar surface area (TPSA) is 90.9 Å². The highest BCUT2D eigenvalue weighted by molar-refractivity contribution is 6.29. The summed E-state index contributed by atoms with van der Waals surface area (Å²) in [5.74, 6) is -0.537. The van der Waals surface area contributed by atoms with Crippen molar-refractivity contribution in [2.75, 3.05) is 13.7 Å². The number of esters is 1. The van der Waals surface area contributed by atoms with Crippen LogP contribution in [0.2, 0.25) is 5.15 Å². The van der Waals surface area contributed by atoms with Gasteiger partial charge in [-0.15, -0.1) is 0 Å². The summed E-state index contributed by atoms with van der Waals surface area (Å²) in [5, 5.41) is 0.238. The number of rotatable bonds is 5. The van der Waals surface area contributed by atoms with Crippen molar-refractivity contribution in [2.45, 2.75) is 25.2 Å². The number of amides is 1. The van der Waals surface area contributed by atoms with E-state index in [9.17, 15) is 9.59 Å². The Hall–Kier alpha value is -2.87. The van der Waals surface area contributed by atoms with Gasteiger partial charge in [-0.1, -0.05) is 41.9 Å². The predicted molar refractivity (Wildman–Crippen MR) is 95.2 cm³/mol. The quantitative estimate of drug-likeness (QED) is 0.571. The molecule has 2 aromatic rings. The van der Waals surface area contributed by atoms with E-state index in [1.807, 2.05) is 30.3 Å². The second-order valence-electron chi connectivity index (χ2n) is 5.87. The van der Waals surface area contributed by atoms with Crippen molar-refractivity contribution in [3.8, 4) is 6.01 Å². The average molecular weight is 392 g/mol. The molecular weight excluding hydrogens is 374 g/mol. The van der Waals surface area contributed by atoms with E-state index in [1.54, 1.807) is 0 Å². The van der Waals surface area contributed by atoms with Gasteiger partial charge in [0.1, 0.15) is 23.9 Å². The third kappa shape index (κ3) is 4.85. The molecule has 2 heterocycles. The summed E-state index contributed by atoms with van der Waals surface area (Å²) in [6.07, 6.45) is 0.593. The van der Waals surface area contributed by atoms with Gasteiger partial charge in [0.05, 0.1) is 13.7 Å². The van der Waals surface area contributed by atoms with E-state index in [1.165, 1.54) is 24.3 Å². The number of carbonyl (C=O) groups is 2. The maximum atomic E-state index is 12.5. The number of carbonyl (C=O) groups excluding carboxylic acids is 2. The Kier molecular flexibility index (Phi) is 6.08. The number of methoxy groups -OCH3 is 1. The van der Waals surface area contributed by atoms with E-state index in [0.29, 0.717) is 0 Å². The van der Waals surface area contributed by atoms with Crippen molar-refractivity contribution in [1.82, 2.24) is 14.9 Å². The van der Waals surface area contributed by atoms with Gasteiger partial charge in [0.15, 0.2) is 0 Å². The lowest BCUT2D eigenvalue weighted by molar-refractivity contribution is -0.145. The smallest absolute Gasteiger partial charge is 0.410 e. The Morgan fingerprint density at radius 2 is 2.04 bits per heavy atom. The summed E-state index contributed by atoms with van der Waals surface area (Å²) in [4.78, 5) is 33.8. The minimum atomic E-state index is -0.803. The second kappa shape index (κ2) is 8.68. The first-order valence-electron chi connectivity index (χ1n) is 8.27. The summed E-state index contributed by atoms with van der Waals surface area (Å²) in [5.41, 5.74) is 0.847. The lowest BCUT2D eigenvalue weighted by atomic mass is 10.2. The molecule has 1 aromatic carbocycles. The number of likely N-dealkylation sites (tertiary alicyclic amines) is 1. The molecule has 1 saturated heterocycles. The second-order valence-corrected chi connectivity index (χ2v) is 6.26. The van der Waals surface area contributed by atoms with Crippen LogP contribution in [0.5, 0.6) is 6.01 Å². The monoisotopic (exact) mass is 391 g/mol. The van der Waals surface area contributed by atoms with Gasteiger partial charge < -0.3 is 14.2 Å². The van der Waals surface area contributed by atoms with Crippen LogP contribution < -0.4 is 4.74 Å². The summed E-state index contributed by atoms with van der Waals surface area (Å²) in [6.45, 7) is 0.246. The van der Waals surface area contributed by atoms with Gasteiger partial charge >= 0.3 is 18.1 Å². The van der Waals surface area contributed by atoms with Crippen LogP contribution in [0.15, 0.2) is 42.6 Å². The van der Waals surface area contributed by atoms with Crippen molar-refractivity contribution in [1.29, 1.82) is 0 Å². The van der Waals surface area contributed by atoms with E-state index in [2.05, 4.69) is 9.97 Å². The number of hydrogen-bond donors (Lipinski definition) is 0. The normalized spacial score (nSPS) is 18.8. The third-order valence-corrected chi connectivity index (χ3v) is 4.26. The van der Waals surface area contributed by atoms with Gasteiger partial charge in [0, 0.05) is 12.6 Å². The number of hydrogen-bond acceptors (Lipinski definition) is 7. The molecule has 1 amide bonds. The molecule has 3 rings (SSSR count). The molecule has 0 N–H and O–H groups in total. The van der Waals surface area contributed by atoms with Crippen molar-refractivity contribution in [3.63, 3.8) is 0 Å². The maximum Gasteiger partial charge on any atom is 0.410 e. The van der Waals surface area contributed by atoms with E-state index in [-0.39, 0.29) is 30.7 Å². The molecule has 1 fully saturated rings. The zero-order valence-corrected chi connectivity index (χ0v) is 15.3. The first kappa shape index (κ1) is 18.9. The highest BCUT2D eigenvalue weighted by Crippen LogP contribution is 2.24. The molecule has 0 bridgehead atoms. The van der Waals surface area contributed by atoms with Gasteiger partial charge in [0.2, 0.25) is 0 Å². The first-order valence-corrected chi connectivity index (χ1v) is 8.65. The Morgan fingerprint density at radius 3 is 2.74 bits per heavy atom. The molecule has 142 valence electrons. The highest BCUT2D eigenvalue weighted by atomic mass is 35.5. The van der Waals surface area contributed by atoms with Gasteiger partial charge in [-0.05, 0) is 11.6 Å². The lowest BCUT2D eigenvalue weighted by Gasteiger charge is -2.21. The summed E-state index contributed by atoms with van der Waals surface area (Å²) in [6, 6.07) is 10.1. The van der Waals surface area contributed by atoms with Crippen molar-refractivity contribution in [3.05, 3.63) is 53.3 Å². The van der Waals surface area contributed by atoms with E-state index in [0.717, 1.165) is 5.56 Å². The number of nitrogens with zero attached hydrogens (tertiary/aromatic N) is 3. The fourth-order valence-electron chi connectivity index (χ4n) is 2.77. The Balaban J connectivity index is 1.66. The van der Waals surface area contributed by atoms with Gasteiger partial charge in [-0.25, -0.2) is 14.6 Å². The van der Waals surface area contributed by atoms with Crippen molar-refractivity contribution >= 4 is 23.7 Å². The molecular formula is C18H18ClN3O5. The number of benzene rings is 1. The number of aromatic nitrogens is 2. The van der Waals surface area contributed by atoms with E-state index >= 15 is 0 Å². The Bertz CT molecular complexity index is 805. The lowest BCUT2D eigenvalue weighted by Crippen LogP contribution is -2.41. The molecule has 2 atom stereocenters. The van der Waals surface area contributed by atoms with E-state index in [4.69, 9.17) is 25.8 Å². The molecule has 0 unspecified atom stereocenters. The molecule has 9 heteroatoms. The molecule has 0 radical (unpaired) electrons.